The number of benzene rings is 1. The molecule has 7 heteroatoms. The fourth-order valence-electron chi connectivity index (χ4n) is 1.33. The lowest BCUT2D eigenvalue weighted by Gasteiger charge is -2.21. The Hall–Kier alpha value is -1.89. The summed E-state index contributed by atoms with van der Waals surface area (Å²) in [5.41, 5.74) is 1.46. The van der Waals surface area contributed by atoms with Gasteiger partial charge in [0.1, 0.15) is 4.75 Å². The molecule has 0 heterocycles. The van der Waals surface area contributed by atoms with E-state index in [-0.39, 0.29) is 0 Å². The van der Waals surface area contributed by atoms with Gasteiger partial charge in [0.15, 0.2) is 9.84 Å². The first-order chi connectivity index (χ1) is 9.09. The molecule has 0 bridgehead atoms. The molecule has 0 spiro atoms. The Morgan fingerprint density at radius 1 is 1.35 bits per heavy atom. The molecule has 0 saturated carbocycles. The highest BCUT2D eigenvalue weighted by Crippen LogP contribution is 2.19. The molecule has 6 nitrogen and oxygen atoms in total. The van der Waals surface area contributed by atoms with Crippen molar-refractivity contribution in [2.24, 2.45) is 5.16 Å². The normalized spacial score (nSPS) is 13.1. The quantitative estimate of drug-likeness (QED) is 0.502. The lowest BCUT2D eigenvalue weighted by Crippen LogP contribution is -2.43. The van der Waals surface area contributed by atoms with Crippen LogP contribution in [0.5, 0.6) is 0 Å². The molecule has 2 N–H and O–H groups in total. The minimum absolute atomic E-state index is 0.392. The Labute approximate surface area is 118 Å². The Morgan fingerprint density at radius 3 is 2.45 bits per heavy atom. The Bertz CT molecular complexity index is 648. The second kappa shape index (κ2) is 5.62. The summed E-state index contributed by atoms with van der Waals surface area (Å²) in [4.78, 5) is 12.1. The van der Waals surface area contributed by atoms with Crippen molar-refractivity contribution in [1.82, 2.24) is 0 Å². The number of sulfone groups is 1. The zero-order chi connectivity index (χ0) is 15.6. The van der Waals surface area contributed by atoms with Gasteiger partial charge < -0.3 is 10.5 Å². The maximum atomic E-state index is 12.1. The van der Waals surface area contributed by atoms with Crippen LogP contribution < -0.4 is 5.32 Å². The Balaban J connectivity index is 3.04. The van der Waals surface area contributed by atoms with Gasteiger partial charge in [0.2, 0.25) is 5.91 Å². The van der Waals surface area contributed by atoms with Crippen LogP contribution in [0.2, 0.25) is 0 Å². The molecule has 0 atom stereocenters. The fraction of sp³-hybridized carbons (Fsp3) is 0.385. The van der Waals surface area contributed by atoms with E-state index in [1.54, 1.807) is 31.2 Å². The standard InChI is InChI=1S/C13H18N2O4S/c1-9(15-17)10-6-5-7-11(8-10)14-12(16)13(2,3)20(4,18)19/h5-8,17H,1-4H3,(H,14,16). The molecule has 1 aromatic carbocycles. The number of amides is 1. The van der Waals surface area contributed by atoms with Crippen molar-refractivity contribution < 1.29 is 18.4 Å². The third-order valence-electron chi connectivity index (χ3n) is 3.16. The highest BCUT2D eigenvalue weighted by molar-refractivity contribution is 7.92. The molecule has 20 heavy (non-hydrogen) atoms. The third kappa shape index (κ3) is 3.36. The van der Waals surface area contributed by atoms with E-state index in [2.05, 4.69) is 10.5 Å². The molecular formula is C13H18N2O4S. The highest BCUT2D eigenvalue weighted by Gasteiger charge is 2.38. The van der Waals surface area contributed by atoms with E-state index in [0.717, 1.165) is 6.26 Å². The minimum Gasteiger partial charge on any atom is -0.411 e. The number of carbonyl (C=O) groups excluding carboxylic acids is 1. The largest absolute Gasteiger partial charge is 0.411 e. The van der Waals surface area contributed by atoms with Crippen molar-refractivity contribution in [2.75, 3.05) is 11.6 Å². The predicted molar refractivity (Wildman–Crippen MR) is 78.0 cm³/mol. The van der Waals surface area contributed by atoms with Gasteiger partial charge >= 0.3 is 0 Å². The van der Waals surface area contributed by atoms with Crippen LogP contribution in [0, 0.1) is 0 Å². The first-order valence-corrected chi connectivity index (χ1v) is 7.79. The summed E-state index contributed by atoms with van der Waals surface area (Å²) >= 11 is 0. The average molecular weight is 298 g/mol. The molecule has 0 aromatic heterocycles. The molecule has 0 saturated heterocycles. The fourth-order valence-corrected chi connectivity index (χ4v) is 1.72. The van der Waals surface area contributed by atoms with Crippen LogP contribution in [-0.4, -0.2) is 36.2 Å². The molecule has 0 aliphatic rings. The zero-order valence-corrected chi connectivity index (χ0v) is 12.7. The highest BCUT2D eigenvalue weighted by atomic mass is 32.2. The van der Waals surface area contributed by atoms with Crippen LogP contribution in [-0.2, 0) is 14.6 Å². The average Bonchev–Trinajstić information content (AvgIpc) is 2.36. The maximum absolute atomic E-state index is 12.1. The van der Waals surface area contributed by atoms with Gasteiger partial charge in [-0.05, 0) is 32.9 Å². The van der Waals surface area contributed by atoms with Gasteiger partial charge in [-0.15, -0.1) is 0 Å². The second-order valence-corrected chi connectivity index (χ2v) is 7.57. The predicted octanol–water partition coefficient (Wildman–Crippen LogP) is 1.65. The number of carbonyl (C=O) groups is 1. The number of nitrogens with one attached hydrogen (secondary N) is 1. The molecular weight excluding hydrogens is 280 g/mol. The van der Waals surface area contributed by atoms with E-state index < -0.39 is 20.5 Å². The summed E-state index contributed by atoms with van der Waals surface area (Å²) < 4.78 is 21.7. The number of hydrogen-bond acceptors (Lipinski definition) is 5. The molecule has 0 unspecified atom stereocenters. The summed E-state index contributed by atoms with van der Waals surface area (Å²) in [7, 11) is -3.53. The summed E-state index contributed by atoms with van der Waals surface area (Å²) in [5.74, 6) is -0.615. The number of rotatable bonds is 4. The lowest BCUT2D eigenvalue weighted by atomic mass is 10.1. The van der Waals surface area contributed by atoms with Gasteiger partial charge in [0, 0.05) is 17.5 Å². The maximum Gasteiger partial charge on any atom is 0.245 e. The van der Waals surface area contributed by atoms with Crippen LogP contribution >= 0.6 is 0 Å². The summed E-state index contributed by atoms with van der Waals surface area (Å²) in [6.45, 7) is 4.31. The Morgan fingerprint density at radius 2 is 1.95 bits per heavy atom. The molecule has 0 radical (unpaired) electrons. The van der Waals surface area contributed by atoms with Crippen molar-refractivity contribution >= 4 is 27.1 Å². The van der Waals surface area contributed by atoms with Crippen molar-refractivity contribution in [3.8, 4) is 0 Å². The van der Waals surface area contributed by atoms with Crippen molar-refractivity contribution in [3.63, 3.8) is 0 Å². The van der Waals surface area contributed by atoms with E-state index in [0.29, 0.717) is 17.0 Å². The molecule has 1 rings (SSSR count). The summed E-state index contributed by atoms with van der Waals surface area (Å²) in [5, 5.41) is 14.3. The van der Waals surface area contributed by atoms with Crippen LogP contribution in [0.1, 0.15) is 26.3 Å². The van der Waals surface area contributed by atoms with E-state index in [4.69, 9.17) is 5.21 Å². The number of hydrogen-bond donors (Lipinski definition) is 2. The van der Waals surface area contributed by atoms with Gasteiger partial charge in [-0.3, -0.25) is 4.79 Å². The number of anilines is 1. The summed E-state index contributed by atoms with van der Waals surface area (Å²) in [6.07, 6.45) is 1.02. The van der Waals surface area contributed by atoms with Crippen LogP contribution in [0.15, 0.2) is 29.4 Å². The van der Waals surface area contributed by atoms with Crippen molar-refractivity contribution in [1.29, 1.82) is 0 Å². The van der Waals surface area contributed by atoms with Crippen LogP contribution in [0.4, 0.5) is 5.69 Å². The zero-order valence-electron chi connectivity index (χ0n) is 11.8. The molecule has 0 aliphatic carbocycles. The SMILES string of the molecule is CC(=NO)c1cccc(NC(=O)C(C)(C)S(C)(=O)=O)c1. The number of nitrogens with zero attached hydrogens (tertiary/aromatic N) is 1. The topological polar surface area (TPSA) is 95.8 Å². The van der Waals surface area contributed by atoms with Crippen molar-refractivity contribution in [2.45, 2.75) is 25.5 Å². The molecule has 110 valence electrons. The van der Waals surface area contributed by atoms with Gasteiger partial charge in [-0.1, -0.05) is 17.3 Å². The monoisotopic (exact) mass is 298 g/mol. The smallest absolute Gasteiger partial charge is 0.245 e. The van der Waals surface area contributed by atoms with Crippen LogP contribution in [0.25, 0.3) is 0 Å². The lowest BCUT2D eigenvalue weighted by molar-refractivity contribution is -0.117. The molecule has 1 aromatic rings. The van der Waals surface area contributed by atoms with Gasteiger partial charge in [-0.25, -0.2) is 8.42 Å². The van der Waals surface area contributed by atoms with E-state index in [1.807, 2.05) is 0 Å². The summed E-state index contributed by atoms with van der Waals surface area (Å²) in [6, 6.07) is 6.62. The van der Waals surface area contributed by atoms with Crippen LogP contribution in [0.3, 0.4) is 0 Å². The van der Waals surface area contributed by atoms with Gasteiger partial charge in [-0.2, -0.15) is 0 Å². The molecule has 1 amide bonds. The Kier molecular flexibility index (Phi) is 4.54. The second-order valence-electron chi connectivity index (χ2n) is 5.00. The third-order valence-corrected chi connectivity index (χ3v) is 5.20. The first kappa shape index (κ1) is 16.2. The molecule has 0 fully saturated rings. The van der Waals surface area contributed by atoms with E-state index in [1.165, 1.54) is 13.8 Å². The molecule has 0 aliphatic heterocycles. The number of oxime groups is 1. The van der Waals surface area contributed by atoms with Crippen molar-refractivity contribution in [3.05, 3.63) is 29.8 Å². The van der Waals surface area contributed by atoms with Gasteiger partial charge in [0.05, 0.1) is 5.71 Å². The first-order valence-electron chi connectivity index (χ1n) is 5.89. The minimum atomic E-state index is -3.53. The van der Waals surface area contributed by atoms with E-state index >= 15 is 0 Å². The van der Waals surface area contributed by atoms with E-state index in [9.17, 15) is 13.2 Å². The van der Waals surface area contributed by atoms with Gasteiger partial charge in [0.25, 0.3) is 0 Å².